The van der Waals surface area contributed by atoms with Gasteiger partial charge in [0, 0.05) is 0 Å². The summed E-state index contributed by atoms with van der Waals surface area (Å²) in [4.78, 5) is 11.1. The van der Waals surface area contributed by atoms with Gasteiger partial charge in [0.1, 0.15) is 0 Å². The van der Waals surface area contributed by atoms with Gasteiger partial charge in [-0.3, -0.25) is 8.51 Å². The number of aryl methyl sites for hydroxylation is 2. The van der Waals surface area contributed by atoms with Crippen LogP contribution < -0.4 is 4.31 Å². The fourth-order valence-electron chi connectivity index (χ4n) is 2.00. The molecule has 0 saturated heterocycles. The molecule has 0 saturated carbocycles. The fourth-order valence-corrected chi connectivity index (χ4v) is 2.58. The lowest BCUT2D eigenvalue weighted by molar-refractivity contribution is 0.0697. The Kier molecular flexibility index (Phi) is 4.40. The van der Waals surface area contributed by atoms with E-state index in [4.69, 9.17) is 5.11 Å². The molecule has 0 heterocycles. The Morgan fingerprint density at radius 1 is 1.05 bits per heavy atom. The van der Waals surface area contributed by atoms with Crippen LogP contribution in [0.5, 0.6) is 0 Å². The maximum absolute atomic E-state index is 11.6. The molecule has 2 rings (SSSR count). The number of hydrogen-bond acceptors (Lipinski definition) is 3. The maximum atomic E-state index is 11.6. The van der Waals surface area contributed by atoms with Crippen molar-refractivity contribution in [2.24, 2.45) is 0 Å². The van der Waals surface area contributed by atoms with E-state index in [2.05, 4.69) is 0 Å². The van der Waals surface area contributed by atoms with Crippen molar-refractivity contribution in [3.05, 3.63) is 59.2 Å². The molecule has 6 heteroatoms. The normalized spacial score (nSPS) is 12.0. The van der Waals surface area contributed by atoms with E-state index in [0.29, 0.717) is 16.9 Å². The van der Waals surface area contributed by atoms with E-state index in [1.807, 2.05) is 6.92 Å². The zero-order valence-corrected chi connectivity index (χ0v) is 12.4. The van der Waals surface area contributed by atoms with E-state index in [9.17, 15) is 13.6 Å². The summed E-state index contributed by atoms with van der Waals surface area (Å²) < 4.78 is 24.2. The Morgan fingerprint density at radius 3 is 2.19 bits per heavy atom. The molecule has 0 aromatic heterocycles. The summed E-state index contributed by atoms with van der Waals surface area (Å²) in [6, 6.07) is 11.4. The van der Waals surface area contributed by atoms with Gasteiger partial charge in [-0.1, -0.05) is 17.7 Å². The topological polar surface area (TPSA) is 80.7 Å². The minimum Gasteiger partial charge on any atom is -0.755 e. The highest BCUT2D eigenvalue weighted by atomic mass is 32.2. The van der Waals surface area contributed by atoms with Crippen molar-refractivity contribution >= 4 is 28.6 Å². The Labute approximate surface area is 125 Å². The van der Waals surface area contributed by atoms with Gasteiger partial charge in [0.25, 0.3) is 0 Å². The first-order valence-electron chi connectivity index (χ1n) is 6.19. The zero-order chi connectivity index (χ0) is 15.6. The second-order valence-electron chi connectivity index (χ2n) is 4.71. The first-order chi connectivity index (χ1) is 9.88. The highest BCUT2D eigenvalue weighted by molar-refractivity contribution is 7.81. The third kappa shape index (κ3) is 3.48. The number of anilines is 2. The Balaban J connectivity index is 2.55. The molecule has 2 aromatic carbocycles. The zero-order valence-electron chi connectivity index (χ0n) is 11.6. The first-order valence-corrected chi connectivity index (χ1v) is 7.23. The monoisotopic (exact) mass is 304 g/mol. The third-order valence-corrected chi connectivity index (χ3v) is 3.68. The standard InChI is InChI=1S/C15H15NO4S/c1-10-3-5-13(6-4-10)16(21(19)20)14-8-11(2)7-12(9-14)15(17)18/h3-9H,1-2H3,(H,17,18)(H,19,20)/p-1. The predicted octanol–water partition coefficient (Wildman–Crippen LogP) is 2.93. The quantitative estimate of drug-likeness (QED) is 0.881. The molecule has 0 aliphatic carbocycles. The van der Waals surface area contributed by atoms with Crippen LogP contribution in [0.4, 0.5) is 11.4 Å². The van der Waals surface area contributed by atoms with Crippen LogP contribution in [0, 0.1) is 13.8 Å². The lowest BCUT2D eigenvalue weighted by Gasteiger charge is -2.27. The summed E-state index contributed by atoms with van der Waals surface area (Å²) in [7, 11) is 0. The number of rotatable bonds is 4. The van der Waals surface area contributed by atoms with Crippen molar-refractivity contribution < 1.29 is 18.7 Å². The number of carbonyl (C=O) groups is 1. The molecule has 5 nitrogen and oxygen atoms in total. The van der Waals surface area contributed by atoms with Crippen LogP contribution in [0.2, 0.25) is 0 Å². The number of nitrogens with zero attached hydrogens (tertiary/aromatic N) is 1. The highest BCUT2D eigenvalue weighted by Crippen LogP contribution is 2.28. The molecule has 0 bridgehead atoms. The number of carboxylic acids is 1. The van der Waals surface area contributed by atoms with Crippen LogP contribution in [0.15, 0.2) is 42.5 Å². The number of benzene rings is 2. The van der Waals surface area contributed by atoms with Crippen LogP contribution in [0.1, 0.15) is 21.5 Å². The minimum absolute atomic E-state index is 0.0487. The molecule has 0 amide bonds. The average molecular weight is 304 g/mol. The van der Waals surface area contributed by atoms with Crippen molar-refractivity contribution in [2.75, 3.05) is 4.31 Å². The van der Waals surface area contributed by atoms with Crippen molar-refractivity contribution in [3.63, 3.8) is 0 Å². The van der Waals surface area contributed by atoms with Crippen molar-refractivity contribution in [2.45, 2.75) is 13.8 Å². The van der Waals surface area contributed by atoms with Crippen LogP contribution >= 0.6 is 0 Å². The van der Waals surface area contributed by atoms with Crippen molar-refractivity contribution in [3.8, 4) is 0 Å². The summed E-state index contributed by atoms with van der Waals surface area (Å²) in [5.41, 5.74) is 2.48. The molecule has 0 spiro atoms. The lowest BCUT2D eigenvalue weighted by atomic mass is 10.1. The molecule has 110 valence electrons. The van der Waals surface area contributed by atoms with Crippen LogP contribution in [0.3, 0.4) is 0 Å². The fraction of sp³-hybridized carbons (Fsp3) is 0.133. The molecule has 0 fully saturated rings. The van der Waals surface area contributed by atoms with Crippen molar-refractivity contribution in [1.82, 2.24) is 0 Å². The van der Waals surface area contributed by atoms with Gasteiger partial charge >= 0.3 is 5.97 Å². The van der Waals surface area contributed by atoms with Gasteiger partial charge in [-0.25, -0.2) is 4.79 Å². The van der Waals surface area contributed by atoms with E-state index >= 15 is 0 Å². The SMILES string of the molecule is Cc1ccc(N(c2cc(C)cc(C(=O)O)c2)S(=O)[O-])cc1. The molecule has 1 N–H and O–H groups in total. The molecule has 0 radical (unpaired) electrons. The van der Waals surface area contributed by atoms with Gasteiger partial charge in [0.05, 0.1) is 28.2 Å². The summed E-state index contributed by atoms with van der Waals surface area (Å²) in [6.07, 6.45) is 0. The summed E-state index contributed by atoms with van der Waals surface area (Å²) in [5, 5.41) is 9.09. The Morgan fingerprint density at radius 2 is 1.67 bits per heavy atom. The molecule has 0 aliphatic heterocycles. The van der Waals surface area contributed by atoms with E-state index in [0.717, 1.165) is 9.87 Å². The van der Waals surface area contributed by atoms with Gasteiger partial charge in [0.2, 0.25) is 0 Å². The Bertz CT molecular complexity index is 697. The highest BCUT2D eigenvalue weighted by Gasteiger charge is 2.13. The van der Waals surface area contributed by atoms with Gasteiger partial charge in [0.15, 0.2) is 0 Å². The largest absolute Gasteiger partial charge is 0.755 e. The smallest absolute Gasteiger partial charge is 0.335 e. The second-order valence-corrected chi connectivity index (χ2v) is 5.51. The Hall–Kier alpha value is -2.18. The number of hydrogen-bond donors (Lipinski definition) is 1. The van der Waals surface area contributed by atoms with Gasteiger partial charge in [-0.05, 0) is 49.7 Å². The molecular weight excluding hydrogens is 290 g/mol. The van der Waals surface area contributed by atoms with Crippen LogP contribution in [0.25, 0.3) is 0 Å². The number of carboxylic acid groups (broad SMARTS) is 1. The van der Waals surface area contributed by atoms with E-state index in [1.165, 1.54) is 12.1 Å². The minimum atomic E-state index is -2.55. The van der Waals surface area contributed by atoms with Crippen molar-refractivity contribution in [1.29, 1.82) is 0 Å². The average Bonchev–Trinajstić information content (AvgIpc) is 2.40. The third-order valence-electron chi connectivity index (χ3n) is 2.96. The molecular formula is C15H14NO4S-. The molecule has 0 aliphatic rings. The molecule has 2 aromatic rings. The number of aromatic carboxylic acids is 1. The van der Waals surface area contributed by atoms with Crippen LogP contribution in [-0.4, -0.2) is 19.8 Å². The van der Waals surface area contributed by atoms with Gasteiger partial charge in [-0.15, -0.1) is 0 Å². The summed E-state index contributed by atoms with van der Waals surface area (Å²) >= 11 is -2.55. The van der Waals surface area contributed by atoms with E-state index in [1.54, 1.807) is 37.3 Å². The van der Waals surface area contributed by atoms with E-state index < -0.39 is 17.2 Å². The lowest BCUT2D eigenvalue weighted by Crippen LogP contribution is -2.20. The summed E-state index contributed by atoms with van der Waals surface area (Å²) in [6.45, 7) is 3.62. The predicted molar refractivity (Wildman–Crippen MR) is 80.4 cm³/mol. The van der Waals surface area contributed by atoms with E-state index in [-0.39, 0.29) is 5.56 Å². The first kappa shape index (κ1) is 15.2. The maximum Gasteiger partial charge on any atom is 0.335 e. The second kappa shape index (κ2) is 6.07. The van der Waals surface area contributed by atoms with Gasteiger partial charge in [-0.2, -0.15) is 0 Å². The molecule has 1 unspecified atom stereocenters. The molecule has 1 atom stereocenters. The summed E-state index contributed by atoms with van der Waals surface area (Å²) in [5.74, 6) is -1.10. The van der Waals surface area contributed by atoms with Crippen LogP contribution in [-0.2, 0) is 11.3 Å². The van der Waals surface area contributed by atoms with Gasteiger partial charge < -0.3 is 9.66 Å². The molecule has 21 heavy (non-hydrogen) atoms.